The third-order valence-corrected chi connectivity index (χ3v) is 3.17. The fraction of sp³-hybridized carbons (Fsp3) is 0.538. The van der Waals surface area contributed by atoms with E-state index < -0.39 is 0 Å². The third kappa shape index (κ3) is 3.03. The highest BCUT2D eigenvalue weighted by Crippen LogP contribution is 2.27. The van der Waals surface area contributed by atoms with Gasteiger partial charge < -0.3 is 5.11 Å². The number of hydrogen-bond donors (Lipinski definition) is 1. The van der Waals surface area contributed by atoms with Crippen molar-refractivity contribution in [2.45, 2.75) is 38.2 Å². The van der Waals surface area contributed by atoms with Crippen LogP contribution in [0.3, 0.4) is 0 Å². The van der Waals surface area contributed by atoms with E-state index in [1.807, 2.05) is 6.07 Å². The molecule has 1 aliphatic rings. The SMILES string of the molecule is OC1CCCC(Cc2cccc(F)c2)C1. The molecule has 1 nitrogen and oxygen atoms in total. The zero-order chi connectivity index (χ0) is 10.7. The van der Waals surface area contributed by atoms with E-state index in [1.54, 1.807) is 12.1 Å². The molecule has 1 N–H and O–H groups in total. The van der Waals surface area contributed by atoms with Gasteiger partial charge in [0.2, 0.25) is 0 Å². The number of halogens is 1. The van der Waals surface area contributed by atoms with Crippen LogP contribution in [0.15, 0.2) is 24.3 Å². The summed E-state index contributed by atoms with van der Waals surface area (Å²) in [5.41, 5.74) is 1.05. The first-order valence-corrected chi connectivity index (χ1v) is 5.66. The molecule has 82 valence electrons. The normalized spacial score (nSPS) is 26.5. The first-order valence-electron chi connectivity index (χ1n) is 5.66. The Kier molecular flexibility index (Phi) is 3.37. The maximum atomic E-state index is 12.9. The topological polar surface area (TPSA) is 20.2 Å². The second-order valence-corrected chi connectivity index (χ2v) is 4.52. The van der Waals surface area contributed by atoms with Crippen LogP contribution < -0.4 is 0 Å². The van der Waals surface area contributed by atoms with Crippen LogP contribution in [0, 0.1) is 11.7 Å². The van der Waals surface area contributed by atoms with Crippen molar-refractivity contribution in [3.63, 3.8) is 0 Å². The minimum absolute atomic E-state index is 0.141. The third-order valence-electron chi connectivity index (χ3n) is 3.17. The zero-order valence-electron chi connectivity index (χ0n) is 8.82. The van der Waals surface area contributed by atoms with Crippen LogP contribution in [0.2, 0.25) is 0 Å². The Balaban J connectivity index is 1.96. The molecule has 0 heterocycles. The van der Waals surface area contributed by atoms with E-state index in [2.05, 4.69) is 0 Å². The van der Waals surface area contributed by atoms with E-state index in [1.165, 1.54) is 6.07 Å². The van der Waals surface area contributed by atoms with E-state index in [0.29, 0.717) is 5.92 Å². The molecule has 0 aliphatic heterocycles. The van der Waals surface area contributed by atoms with Crippen LogP contribution >= 0.6 is 0 Å². The molecule has 0 radical (unpaired) electrons. The molecule has 2 rings (SSSR count). The van der Waals surface area contributed by atoms with E-state index in [-0.39, 0.29) is 11.9 Å². The summed E-state index contributed by atoms with van der Waals surface area (Å²) in [5.74, 6) is 0.361. The van der Waals surface area contributed by atoms with Crippen molar-refractivity contribution in [1.29, 1.82) is 0 Å². The molecule has 1 aromatic rings. The Labute approximate surface area is 89.9 Å². The molecule has 0 spiro atoms. The molecular weight excluding hydrogens is 191 g/mol. The summed E-state index contributed by atoms with van der Waals surface area (Å²) in [4.78, 5) is 0. The summed E-state index contributed by atoms with van der Waals surface area (Å²) >= 11 is 0. The van der Waals surface area contributed by atoms with Crippen molar-refractivity contribution in [2.75, 3.05) is 0 Å². The van der Waals surface area contributed by atoms with Crippen LogP contribution in [-0.2, 0) is 6.42 Å². The smallest absolute Gasteiger partial charge is 0.123 e. The van der Waals surface area contributed by atoms with Gasteiger partial charge in [0.15, 0.2) is 0 Å². The Morgan fingerprint density at radius 2 is 2.20 bits per heavy atom. The van der Waals surface area contributed by atoms with Crippen LogP contribution in [0.4, 0.5) is 4.39 Å². The second-order valence-electron chi connectivity index (χ2n) is 4.52. The predicted molar refractivity (Wildman–Crippen MR) is 58.1 cm³/mol. The van der Waals surface area contributed by atoms with Crippen molar-refractivity contribution >= 4 is 0 Å². The molecular formula is C13H17FO. The summed E-state index contributed by atoms with van der Waals surface area (Å²) in [6.45, 7) is 0. The zero-order valence-corrected chi connectivity index (χ0v) is 8.82. The first kappa shape index (κ1) is 10.6. The molecule has 2 heteroatoms. The van der Waals surface area contributed by atoms with Crippen molar-refractivity contribution in [3.8, 4) is 0 Å². The Morgan fingerprint density at radius 3 is 2.93 bits per heavy atom. The van der Waals surface area contributed by atoms with Gasteiger partial charge in [-0.1, -0.05) is 18.6 Å². The van der Waals surface area contributed by atoms with E-state index in [0.717, 1.165) is 37.7 Å². The highest BCUT2D eigenvalue weighted by molar-refractivity contribution is 5.16. The first-order chi connectivity index (χ1) is 7.24. The number of aliphatic hydroxyl groups is 1. The average molecular weight is 208 g/mol. The summed E-state index contributed by atoms with van der Waals surface area (Å²) in [6.07, 6.45) is 4.82. The molecule has 2 unspecified atom stereocenters. The lowest BCUT2D eigenvalue weighted by atomic mass is 9.83. The summed E-state index contributed by atoms with van der Waals surface area (Å²) < 4.78 is 12.9. The monoisotopic (exact) mass is 208 g/mol. The lowest BCUT2D eigenvalue weighted by molar-refractivity contribution is 0.101. The quantitative estimate of drug-likeness (QED) is 0.792. The number of benzene rings is 1. The van der Waals surface area contributed by atoms with E-state index >= 15 is 0 Å². The van der Waals surface area contributed by atoms with Gasteiger partial charge in [0.05, 0.1) is 6.10 Å². The maximum absolute atomic E-state index is 12.9. The van der Waals surface area contributed by atoms with E-state index in [9.17, 15) is 9.50 Å². The standard InChI is InChI=1S/C13H17FO/c14-12-5-1-3-10(8-12)7-11-4-2-6-13(15)9-11/h1,3,5,8,11,13,15H,2,4,6-7,9H2. The Morgan fingerprint density at radius 1 is 1.33 bits per heavy atom. The van der Waals surface area contributed by atoms with Crippen molar-refractivity contribution in [1.82, 2.24) is 0 Å². The van der Waals surface area contributed by atoms with Gasteiger partial charge >= 0.3 is 0 Å². The van der Waals surface area contributed by atoms with Crippen LogP contribution in [-0.4, -0.2) is 11.2 Å². The van der Waals surface area contributed by atoms with Gasteiger partial charge in [0, 0.05) is 0 Å². The van der Waals surface area contributed by atoms with Crippen LogP contribution in [0.5, 0.6) is 0 Å². The molecule has 15 heavy (non-hydrogen) atoms. The minimum Gasteiger partial charge on any atom is -0.393 e. The van der Waals surface area contributed by atoms with Gasteiger partial charge in [-0.2, -0.15) is 0 Å². The van der Waals surface area contributed by atoms with Crippen molar-refractivity contribution < 1.29 is 9.50 Å². The van der Waals surface area contributed by atoms with Gasteiger partial charge in [-0.25, -0.2) is 4.39 Å². The van der Waals surface area contributed by atoms with E-state index in [4.69, 9.17) is 0 Å². The largest absolute Gasteiger partial charge is 0.393 e. The van der Waals surface area contributed by atoms with Gasteiger partial charge in [-0.05, 0) is 49.3 Å². The molecule has 1 saturated carbocycles. The molecule has 0 amide bonds. The van der Waals surface area contributed by atoms with Gasteiger partial charge in [-0.3, -0.25) is 0 Å². The number of aliphatic hydroxyl groups excluding tert-OH is 1. The van der Waals surface area contributed by atoms with Crippen LogP contribution in [0.1, 0.15) is 31.2 Å². The molecule has 0 aromatic heterocycles. The molecule has 1 fully saturated rings. The molecule has 2 atom stereocenters. The fourth-order valence-corrected chi connectivity index (χ4v) is 2.45. The molecule has 1 aliphatic carbocycles. The number of rotatable bonds is 2. The van der Waals surface area contributed by atoms with Crippen LogP contribution in [0.25, 0.3) is 0 Å². The Hall–Kier alpha value is -0.890. The minimum atomic E-state index is -0.163. The molecule has 0 saturated heterocycles. The summed E-state index contributed by atoms with van der Waals surface area (Å²) in [5, 5.41) is 9.54. The van der Waals surface area contributed by atoms with Crippen molar-refractivity contribution in [3.05, 3.63) is 35.6 Å². The average Bonchev–Trinajstić information content (AvgIpc) is 2.17. The van der Waals surface area contributed by atoms with Gasteiger partial charge in [0.25, 0.3) is 0 Å². The fourth-order valence-electron chi connectivity index (χ4n) is 2.45. The van der Waals surface area contributed by atoms with Crippen molar-refractivity contribution in [2.24, 2.45) is 5.92 Å². The second kappa shape index (κ2) is 4.75. The summed E-state index contributed by atoms with van der Waals surface area (Å²) in [6, 6.07) is 6.79. The summed E-state index contributed by atoms with van der Waals surface area (Å²) in [7, 11) is 0. The number of hydrogen-bond acceptors (Lipinski definition) is 1. The predicted octanol–water partition coefficient (Wildman–Crippen LogP) is 2.92. The Bertz CT molecular complexity index is 324. The highest BCUT2D eigenvalue weighted by atomic mass is 19.1. The van der Waals surface area contributed by atoms with Gasteiger partial charge in [-0.15, -0.1) is 0 Å². The van der Waals surface area contributed by atoms with Gasteiger partial charge in [0.1, 0.15) is 5.82 Å². The highest BCUT2D eigenvalue weighted by Gasteiger charge is 2.20. The molecule has 1 aromatic carbocycles. The maximum Gasteiger partial charge on any atom is 0.123 e. The lowest BCUT2D eigenvalue weighted by Crippen LogP contribution is -2.20. The lowest BCUT2D eigenvalue weighted by Gasteiger charge is -2.25. The molecule has 0 bridgehead atoms.